The molecule has 38 heavy (non-hydrogen) atoms. The molecule has 1 saturated carbocycles. The molecule has 8 nitrogen and oxygen atoms in total. The second-order valence-electron chi connectivity index (χ2n) is 10.1. The van der Waals surface area contributed by atoms with E-state index in [1.165, 1.54) is 11.0 Å². The van der Waals surface area contributed by atoms with E-state index in [1.807, 2.05) is 18.2 Å². The molecule has 2 fully saturated rings. The van der Waals surface area contributed by atoms with Crippen LogP contribution in [0.25, 0.3) is 22.2 Å². The van der Waals surface area contributed by atoms with Crippen molar-refractivity contribution >= 4 is 22.6 Å². The van der Waals surface area contributed by atoms with E-state index in [0.29, 0.717) is 53.3 Å². The van der Waals surface area contributed by atoms with E-state index in [1.54, 1.807) is 6.92 Å². The Kier molecular flexibility index (Phi) is 6.23. The maximum absolute atomic E-state index is 14.1. The average molecular weight is 523 g/mol. The summed E-state index contributed by atoms with van der Waals surface area (Å²) in [5.74, 6) is -0.890. The molecule has 2 aliphatic rings. The number of amides is 1. The van der Waals surface area contributed by atoms with Crippen LogP contribution in [0.2, 0.25) is 0 Å². The van der Waals surface area contributed by atoms with Gasteiger partial charge in [0.25, 0.3) is 0 Å². The maximum atomic E-state index is 14.1. The predicted molar refractivity (Wildman–Crippen MR) is 135 cm³/mol. The first-order valence-electron chi connectivity index (χ1n) is 12.9. The predicted octanol–water partition coefficient (Wildman–Crippen LogP) is 5.11. The van der Waals surface area contributed by atoms with E-state index in [9.17, 15) is 23.8 Å². The quantitative estimate of drug-likeness (QED) is 0.377. The molecule has 2 N–H and O–H groups in total. The zero-order valence-electron chi connectivity index (χ0n) is 20.9. The summed E-state index contributed by atoms with van der Waals surface area (Å²) in [6.07, 6.45) is 3.26. The van der Waals surface area contributed by atoms with Crippen molar-refractivity contribution < 1.29 is 28.3 Å². The average Bonchev–Trinajstić information content (AvgIpc) is 3.60. The van der Waals surface area contributed by atoms with E-state index in [4.69, 9.17) is 9.51 Å². The van der Waals surface area contributed by atoms with Crippen molar-refractivity contribution in [3.05, 3.63) is 65.3 Å². The van der Waals surface area contributed by atoms with Gasteiger partial charge in [-0.05, 0) is 68.9 Å². The number of hydrogen-bond acceptors (Lipinski definition) is 6. The summed E-state index contributed by atoms with van der Waals surface area (Å²) in [5.41, 5.74) is 3.84. The number of benzene rings is 2. The highest BCUT2D eigenvalue weighted by Crippen LogP contribution is 2.42. The Labute approximate surface area is 217 Å². The van der Waals surface area contributed by atoms with E-state index >= 15 is 0 Å². The van der Waals surface area contributed by atoms with Gasteiger partial charge in [0.15, 0.2) is 11.6 Å². The first kappa shape index (κ1) is 24.7. The molecule has 1 aliphatic carbocycles. The smallest absolute Gasteiger partial charge is 0.227 e. The van der Waals surface area contributed by atoms with Gasteiger partial charge in [-0.25, -0.2) is 13.8 Å². The van der Waals surface area contributed by atoms with Crippen LogP contribution in [0.1, 0.15) is 67.9 Å². The van der Waals surface area contributed by atoms with Gasteiger partial charge in [0, 0.05) is 29.8 Å². The number of rotatable bonds is 5. The fourth-order valence-corrected chi connectivity index (χ4v) is 5.99. The number of nitrogens with zero attached hydrogens (tertiary/aromatic N) is 4. The van der Waals surface area contributed by atoms with Crippen LogP contribution < -0.4 is 4.90 Å². The number of anilines is 1. The summed E-state index contributed by atoms with van der Waals surface area (Å²) in [6.45, 7) is 1.52. The Balaban J connectivity index is 1.50. The third-order valence-corrected chi connectivity index (χ3v) is 7.81. The minimum absolute atomic E-state index is 0.0667. The van der Waals surface area contributed by atoms with Gasteiger partial charge in [-0.15, -0.1) is 0 Å². The Morgan fingerprint density at radius 3 is 2.58 bits per heavy atom. The summed E-state index contributed by atoms with van der Waals surface area (Å²) in [7, 11) is 0. The number of imidazole rings is 1. The highest BCUT2D eigenvalue weighted by molar-refractivity contribution is 5.96. The zero-order valence-corrected chi connectivity index (χ0v) is 20.9. The molecule has 1 amide bonds. The highest BCUT2D eigenvalue weighted by atomic mass is 19.2. The van der Waals surface area contributed by atoms with Crippen molar-refractivity contribution in [3.8, 4) is 11.1 Å². The summed E-state index contributed by atoms with van der Waals surface area (Å²) in [4.78, 5) is 19.6. The van der Waals surface area contributed by atoms with Crippen molar-refractivity contribution in [1.82, 2.24) is 14.7 Å². The van der Waals surface area contributed by atoms with Gasteiger partial charge in [0.05, 0.1) is 29.8 Å². The topological polar surface area (TPSA) is 105 Å². The molecule has 3 heterocycles. The van der Waals surface area contributed by atoms with Crippen LogP contribution in [-0.2, 0) is 11.4 Å². The van der Waals surface area contributed by atoms with Crippen LogP contribution in [0.3, 0.4) is 0 Å². The molecule has 1 unspecified atom stereocenters. The molecule has 1 saturated heterocycles. The molecule has 10 heteroatoms. The maximum Gasteiger partial charge on any atom is 0.227 e. The van der Waals surface area contributed by atoms with Crippen molar-refractivity contribution in [2.24, 2.45) is 0 Å². The number of fused-ring (bicyclic) bond motifs is 1. The Morgan fingerprint density at radius 1 is 1.05 bits per heavy atom. The van der Waals surface area contributed by atoms with Gasteiger partial charge >= 0.3 is 0 Å². The lowest BCUT2D eigenvalue weighted by atomic mass is 9.92. The molecule has 1 aliphatic heterocycles. The number of aliphatic hydroxyl groups is 2. The molecule has 198 valence electrons. The SMILES string of the molecule is Cc1onc(CO)c1-c1ccc2c(c1)nc(C1CCC(=O)N1c1ccc(F)c(F)c1)n2C1CCC(O)CC1. The van der Waals surface area contributed by atoms with Gasteiger partial charge < -0.3 is 24.2 Å². The van der Waals surface area contributed by atoms with Gasteiger partial charge in [-0.2, -0.15) is 0 Å². The Bertz CT molecular complexity index is 1520. The Hall–Kier alpha value is -3.63. The lowest BCUT2D eigenvalue weighted by molar-refractivity contribution is -0.117. The number of carbonyl (C=O) groups is 1. The number of aromatic nitrogens is 3. The third-order valence-electron chi connectivity index (χ3n) is 7.81. The van der Waals surface area contributed by atoms with E-state index in [-0.39, 0.29) is 31.1 Å². The van der Waals surface area contributed by atoms with Crippen LogP contribution in [0.4, 0.5) is 14.5 Å². The minimum Gasteiger partial charge on any atom is -0.393 e. The lowest BCUT2D eigenvalue weighted by Crippen LogP contribution is -2.31. The van der Waals surface area contributed by atoms with Gasteiger partial charge in [-0.3, -0.25) is 4.79 Å². The standard InChI is InChI=1S/C28H28F2N4O4/c1-15-27(23(14-35)32-38-15)16-2-9-24-22(12-16)31-28(34(24)17-3-6-19(36)7-4-17)25-10-11-26(37)33(25)18-5-8-20(29)21(30)13-18/h2,5,8-9,12-13,17,19,25,35-36H,3-4,6-7,10-11,14H2,1H3. The number of halogens is 2. The number of carbonyl (C=O) groups excluding carboxylic acids is 1. The molecule has 4 aromatic rings. The van der Waals surface area contributed by atoms with Crippen molar-refractivity contribution in [2.75, 3.05) is 4.90 Å². The summed E-state index contributed by atoms with van der Waals surface area (Å²) < 4.78 is 35.3. The number of hydrogen-bond donors (Lipinski definition) is 2. The number of aliphatic hydroxyl groups excluding tert-OH is 2. The third kappa shape index (κ3) is 4.08. The van der Waals surface area contributed by atoms with Crippen LogP contribution in [0.15, 0.2) is 40.9 Å². The first-order chi connectivity index (χ1) is 18.4. The van der Waals surface area contributed by atoms with Gasteiger partial charge in [-0.1, -0.05) is 11.2 Å². The minimum atomic E-state index is -1.01. The van der Waals surface area contributed by atoms with Crippen LogP contribution in [0, 0.1) is 18.6 Å². The normalized spacial score (nSPS) is 22.1. The van der Waals surface area contributed by atoms with Crippen LogP contribution >= 0.6 is 0 Å². The number of aryl methyl sites for hydroxylation is 1. The fraction of sp³-hybridized carbons (Fsp3) is 0.393. The summed E-state index contributed by atoms with van der Waals surface area (Å²) >= 11 is 0. The van der Waals surface area contributed by atoms with Gasteiger partial charge in [0.2, 0.25) is 5.91 Å². The molecular weight excluding hydrogens is 494 g/mol. The zero-order chi connectivity index (χ0) is 26.6. The Morgan fingerprint density at radius 2 is 1.84 bits per heavy atom. The molecule has 2 aromatic heterocycles. The fourth-order valence-electron chi connectivity index (χ4n) is 5.99. The van der Waals surface area contributed by atoms with E-state index in [2.05, 4.69) is 9.72 Å². The molecule has 1 atom stereocenters. The highest BCUT2D eigenvalue weighted by Gasteiger charge is 2.38. The summed E-state index contributed by atoms with van der Waals surface area (Å²) in [6, 6.07) is 8.94. The second-order valence-corrected chi connectivity index (χ2v) is 10.1. The lowest BCUT2D eigenvalue weighted by Gasteiger charge is -2.31. The molecule has 0 bridgehead atoms. The van der Waals surface area contributed by atoms with Gasteiger partial charge in [0.1, 0.15) is 17.3 Å². The molecule has 6 rings (SSSR count). The molecule has 2 aromatic carbocycles. The first-order valence-corrected chi connectivity index (χ1v) is 12.9. The molecular formula is C28H28F2N4O4. The van der Waals surface area contributed by atoms with Crippen LogP contribution in [0.5, 0.6) is 0 Å². The van der Waals surface area contributed by atoms with Crippen LogP contribution in [-0.4, -0.2) is 36.9 Å². The van der Waals surface area contributed by atoms with Crippen molar-refractivity contribution in [3.63, 3.8) is 0 Å². The molecule has 0 radical (unpaired) electrons. The van der Waals surface area contributed by atoms with Crippen molar-refractivity contribution in [2.45, 2.75) is 70.2 Å². The molecule has 0 spiro atoms. The van der Waals surface area contributed by atoms with E-state index < -0.39 is 17.7 Å². The van der Waals surface area contributed by atoms with E-state index in [0.717, 1.165) is 36.1 Å². The summed E-state index contributed by atoms with van der Waals surface area (Å²) in [5, 5.41) is 23.8. The largest absolute Gasteiger partial charge is 0.393 e. The van der Waals surface area contributed by atoms with Crippen molar-refractivity contribution in [1.29, 1.82) is 0 Å². The monoisotopic (exact) mass is 522 g/mol. The second kappa shape index (κ2) is 9.59.